The summed E-state index contributed by atoms with van der Waals surface area (Å²) in [5, 5.41) is 0. The van der Waals surface area contributed by atoms with Gasteiger partial charge in [-0.1, -0.05) is 32.6 Å². The zero-order chi connectivity index (χ0) is 13.9. The van der Waals surface area contributed by atoms with Gasteiger partial charge in [-0.2, -0.15) is 0 Å². The van der Waals surface area contributed by atoms with Crippen LogP contribution in [-0.2, 0) is 10.0 Å². The molecule has 0 aromatic heterocycles. The fourth-order valence-corrected chi connectivity index (χ4v) is 5.40. The fraction of sp³-hybridized carbons (Fsp3) is 1.00. The normalized spacial score (nSPS) is 31.5. The third kappa shape index (κ3) is 3.92. The van der Waals surface area contributed by atoms with Crippen LogP contribution in [0.25, 0.3) is 0 Å². The van der Waals surface area contributed by atoms with Crippen molar-refractivity contribution in [2.45, 2.75) is 57.9 Å². The lowest BCUT2D eigenvalue weighted by Gasteiger charge is -2.36. The Hall–Kier alpha value is -0.130. The lowest BCUT2D eigenvalue weighted by molar-refractivity contribution is 0.228. The van der Waals surface area contributed by atoms with E-state index in [2.05, 4.69) is 6.92 Å². The van der Waals surface area contributed by atoms with E-state index < -0.39 is 10.0 Å². The van der Waals surface area contributed by atoms with Crippen molar-refractivity contribution in [1.29, 1.82) is 0 Å². The van der Waals surface area contributed by atoms with Crippen LogP contribution in [0.2, 0.25) is 0 Å². The lowest BCUT2D eigenvalue weighted by Crippen LogP contribution is -2.50. The summed E-state index contributed by atoms with van der Waals surface area (Å²) in [6.45, 7) is 3.35. The van der Waals surface area contributed by atoms with Gasteiger partial charge in [0.1, 0.15) is 0 Å². The molecule has 2 aliphatic rings. The highest BCUT2D eigenvalue weighted by atomic mass is 32.2. The van der Waals surface area contributed by atoms with E-state index in [0.29, 0.717) is 30.7 Å². The zero-order valence-corrected chi connectivity index (χ0v) is 12.9. The number of rotatable bonds is 4. The van der Waals surface area contributed by atoms with Crippen LogP contribution in [0.15, 0.2) is 0 Å². The lowest BCUT2D eigenvalue weighted by atomic mass is 9.91. The minimum Gasteiger partial charge on any atom is -0.327 e. The summed E-state index contributed by atoms with van der Waals surface area (Å²) in [5.74, 6) is 1.07. The highest BCUT2D eigenvalue weighted by Gasteiger charge is 2.33. The molecule has 2 atom stereocenters. The molecule has 1 aliphatic heterocycles. The van der Waals surface area contributed by atoms with Crippen molar-refractivity contribution < 1.29 is 8.42 Å². The average Bonchev–Trinajstić information content (AvgIpc) is 2.39. The maximum atomic E-state index is 12.5. The van der Waals surface area contributed by atoms with Crippen molar-refractivity contribution in [3.05, 3.63) is 0 Å². The van der Waals surface area contributed by atoms with Crippen LogP contribution in [0.5, 0.6) is 0 Å². The topological polar surface area (TPSA) is 63.4 Å². The molecule has 2 rings (SSSR count). The third-order valence-electron chi connectivity index (χ3n) is 4.84. The molecule has 1 aliphatic carbocycles. The SMILES string of the molecule is CCC1CN(S(=O)(=O)CC2CCCCC2)CCC1N. The van der Waals surface area contributed by atoms with Crippen LogP contribution in [0.4, 0.5) is 0 Å². The van der Waals surface area contributed by atoms with Crippen LogP contribution in [0.1, 0.15) is 51.9 Å². The number of piperidine rings is 1. The maximum Gasteiger partial charge on any atom is 0.214 e. The number of sulfonamides is 1. The van der Waals surface area contributed by atoms with Crippen LogP contribution in [0, 0.1) is 11.8 Å². The molecule has 4 nitrogen and oxygen atoms in total. The van der Waals surface area contributed by atoms with Gasteiger partial charge in [-0.15, -0.1) is 0 Å². The van der Waals surface area contributed by atoms with Crippen molar-refractivity contribution in [2.75, 3.05) is 18.8 Å². The first-order chi connectivity index (χ1) is 9.03. The maximum absolute atomic E-state index is 12.5. The minimum absolute atomic E-state index is 0.172. The molecule has 1 saturated carbocycles. The van der Waals surface area contributed by atoms with E-state index in [1.807, 2.05) is 0 Å². The molecule has 5 heteroatoms. The summed E-state index contributed by atoms with van der Waals surface area (Å²) in [7, 11) is -3.07. The summed E-state index contributed by atoms with van der Waals surface area (Å²) in [6, 6.07) is 0.172. The molecule has 1 saturated heterocycles. The second kappa shape index (κ2) is 6.55. The largest absolute Gasteiger partial charge is 0.327 e. The van der Waals surface area contributed by atoms with Gasteiger partial charge in [0.25, 0.3) is 0 Å². The molecule has 2 unspecified atom stereocenters. The Bertz CT molecular complexity index is 377. The van der Waals surface area contributed by atoms with E-state index >= 15 is 0 Å². The van der Waals surface area contributed by atoms with Gasteiger partial charge in [0.15, 0.2) is 0 Å². The van der Waals surface area contributed by atoms with Gasteiger partial charge >= 0.3 is 0 Å². The summed E-state index contributed by atoms with van der Waals surface area (Å²) < 4.78 is 26.7. The van der Waals surface area contributed by atoms with Crippen molar-refractivity contribution in [3.8, 4) is 0 Å². The van der Waals surface area contributed by atoms with Gasteiger partial charge in [-0.3, -0.25) is 0 Å². The molecular weight excluding hydrogens is 260 g/mol. The van der Waals surface area contributed by atoms with Crippen LogP contribution in [0.3, 0.4) is 0 Å². The monoisotopic (exact) mass is 288 g/mol. The molecule has 0 radical (unpaired) electrons. The van der Waals surface area contributed by atoms with Gasteiger partial charge < -0.3 is 5.73 Å². The van der Waals surface area contributed by atoms with Crippen molar-refractivity contribution in [2.24, 2.45) is 17.6 Å². The molecule has 2 N–H and O–H groups in total. The second-order valence-electron chi connectivity index (χ2n) is 6.26. The van der Waals surface area contributed by atoms with Gasteiger partial charge in [-0.05, 0) is 31.1 Å². The Kier molecular flexibility index (Phi) is 5.26. The van der Waals surface area contributed by atoms with Gasteiger partial charge in [-0.25, -0.2) is 12.7 Å². The Morgan fingerprint density at radius 1 is 1.16 bits per heavy atom. The van der Waals surface area contributed by atoms with Crippen LogP contribution < -0.4 is 5.73 Å². The predicted molar refractivity (Wildman–Crippen MR) is 78.3 cm³/mol. The Labute approximate surface area is 117 Å². The summed E-state index contributed by atoms with van der Waals surface area (Å²) >= 11 is 0. The first-order valence-corrected chi connectivity index (χ1v) is 9.37. The van der Waals surface area contributed by atoms with Crippen molar-refractivity contribution >= 4 is 10.0 Å². The standard InChI is InChI=1S/C14H28N2O2S/c1-2-13-10-16(9-8-14(13)15)19(17,18)11-12-6-4-3-5-7-12/h12-14H,2-11,15H2,1H3. The summed E-state index contributed by atoms with van der Waals surface area (Å²) in [5.41, 5.74) is 6.06. The van der Waals surface area contributed by atoms with Crippen LogP contribution >= 0.6 is 0 Å². The fourth-order valence-electron chi connectivity index (χ4n) is 3.46. The Balaban J connectivity index is 1.95. The zero-order valence-electron chi connectivity index (χ0n) is 12.1. The van der Waals surface area contributed by atoms with E-state index in [9.17, 15) is 8.42 Å². The van der Waals surface area contributed by atoms with Crippen LogP contribution in [-0.4, -0.2) is 37.6 Å². The van der Waals surface area contributed by atoms with E-state index in [0.717, 1.165) is 25.7 Å². The quantitative estimate of drug-likeness (QED) is 0.860. The van der Waals surface area contributed by atoms with Gasteiger partial charge in [0.2, 0.25) is 10.0 Å². The molecule has 0 aromatic carbocycles. The number of nitrogens with zero attached hydrogens (tertiary/aromatic N) is 1. The number of nitrogens with two attached hydrogens (primary N) is 1. The Morgan fingerprint density at radius 3 is 2.47 bits per heavy atom. The number of hydrogen-bond acceptors (Lipinski definition) is 3. The predicted octanol–water partition coefficient (Wildman–Crippen LogP) is 1.96. The summed E-state index contributed by atoms with van der Waals surface area (Å²) in [4.78, 5) is 0. The molecule has 1 heterocycles. The molecule has 0 aromatic rings. The van der Waals surface area contributed by atoms with Crippen molar-refractivity contribution in [1.82, 2.24) is 4.31 Å². The molecule has 19 heavy (non-hydrogen) atoms. The molecule has 0 spiro atoms. The first kappa shape index (κ1) is 15.3. The van der Waals surface area contributed by atoms with E-state index in [1.54, 1.807) is 4.31 Å². The number of hydrogen-bond donors (Lipinski definition) is 1. The minimum atomic E-state index is -3.07. The highest BCUT2D eigenvalue weighted by molar-refractivity contribution is 7.89. The highest BCUT2D eigenvalue weighted by Crippen LogP contribution is 2.27. The molecule has 0 bridgehead atoms. The van der Waals surface area contributed by atoms with Gasteiger partial charge in [0, 0.05) is 19.1 Å². The second-order valence-corrected chi connectivity index (χ2v) is 8.28. The first-order valence-electron chi connectivity index (χ1n) is 7.76. The molecule has 2 fully saturated rings. The van der Waals surface area contributed by atoms with E-state index in [1.165, 1.54) is 19.3 Å². The average molecular weight is 288 g/mol. The molecule has 0 amide bonds. The van der Waals surface area contributed by atoms with Gasteiger partial charge in [0.05, 0.1) is 5.75 Å². The molecule has 112 valence electrons. The van der Waals surface area contributed by atoms with Crippen molar-refractivity contribution in [3.63, 3.8) is 0 Å². The molecular formula is C14H28N2O2S. The summed E-state index contributed by atoms with van der Waals surface area (Å²) in [6.07, 6.45) is 7.62. The Morgan fingerprint density at radius 2 is 1.84 bits per heavy atom. The van der Waals surface area contributed by atoms with E-state index in [4.69, 9.17) is 5.73 Å². The smallest absolute Gasteiger partial charge is 0.214 e. The van der Waals surface area contributed by atoms with E-state index in [-0.39, 0.29) is 6.04 Å². The third-order valence-corrected chi connectivity index (χ3v) is 6.86.